The molecule has 2 aromatic carbocycles. The van der Waals surface area contributed by atoms with Crippen LogP contribution in [0.5, 0.6) is 11.5 Å². The molecule has 0 aromatic heterocycles. The van der Waals surface area contributed by atoms with Gasteiger partial charge in [-0.2, -0.15) is 0 Å². The molecule has 0 saturated carbocycles. The lowest BCUT2D eigenvalue weighted by molar-refractivity contribution is 0.102. The Balaban J connectivity index is 1.97. The van der Waals surface area contributed by atoms with Gasteiger partial charge in [0.1, 0.15) is 11.5 Å². The second kappa shape index (κ2) is 9.62. The lowest BCUT2D eigenvalue weighted by Gasteiger charge is -2.12. The predicted octanol–water partition coefficient (Wildman–Crippen LogP) is 5.91. The Hall–Kier alpha value is -2.01. The molecule has 0 unspecified atom stereocenters. The maximum absolute atomic E-state index is 12.4. The lowest BCUT2D eigenvalue weighted by atomic mass is 10.1. The molecule has 26 heavy (non-hydrogen) atoms. The van der Waals surface area contributed by atoms with E-state index in [1.165, 1.54) is 0 Å². The van der Waals surface area contributed by atoms with Crippen LogP contribution >= 0.6 is 15.9 Å². The van der Waals surface area contributed by atoms with Crippen molar-refractivity contribution in [2.24, 2.45) is 5.92 Å². The van der Waals surface area contributed by atoms with Crippen molar-refractivity contribution < 1.29 is 14.3 Å². The molecule has 1 amide bonds. The van der Waals surface area contributed by atoms with Crippen LogP contribution in [-0.2, 0) is 0 Å². The van der Waals surface area contributed by atoms with Crippen molar-refractivity contribution in [1.82, 2.24) is 0 Å². The molecule has 0 aliphatic carbocycles. The van der Waals surface area contributed by atoms with E-state index < -0.39 is 0 Å². The Kier molecular flexibility index (Phi) is 7.51. The van der Waals surface area contributed by atoms with Crippen LogP contribution in [0.3, 0.4) is 0 Å². The zero-order valence-electron chi connectivity index (χ0n) is 15.7. The maximum Gasteiger partial charge on any atom is 0.255 e. The van der Waals surface area contributed by atoms with Crippen molar-refractivity contribution in [3.63, 3.8) is 0 Å². The summed E-state index contributed by atoms with van der Waals surface area (Å²) in [5.74, 6) is 1.95. The first-order valence-electron chi connectivity index (χ1n) is 8.85. The molecule has 5 heteroatoms. The molecule has 2 rings (SSSR count). The number of hydrogen-bond acceptors (Lipinski definition) is 3. The third-order valence-electron chi connectivity index (χ3n) is 3.63. The van der Waals surface area contributed by atoms with Crippen LogP contribution in [0.1, 0.15) is 44.5 Å². The number of halogens is 1. The summed E-state index contributed by atoms with van der Waals surface area (Å²) in [5, 5.41) is 2.89. The minimum atomic E-state index is -0.169. The van der Waals surface area contributed by atoms with Gasteiger partial charge in [-0.25, -0.2) is 0 Å². The fourth-order valence-corrected chi connectivity index (χ4v) is 2.75. The van der Waals surface area contributed by atoms with Crippen LogP contribution in [0.25, 0.3) is 0 Å². The zero-order chi connectivity index (χ0) is 19.1. The summed E-state index contributed by atoms with van der Waals surface area (Å²) in [4.78, 5) is 12.4. The summed E-state index contributed by atoms with van der Waals surface area (Å²) in [6.07, 6.45) is 1.11. The first kappa shape index (κ1) is 20.3. The number of anilines is 1. The van der Waals surface area contributed by atoms with Gasteiger partial charge in [0.25, 0.3) is 5.91 Å². The molecule has 0 aliphatic rings. The molecule has 2 aromatic rings. The van der Waals surface area contributed by atoms with Crippen molar-refractivity contribution in [1.29, 1.82) is 0 Å². The molecule has 4 nitrogen and oxygen atoms in total. The fraction of sp³-hybridized carbons (Fsp3) is 0.381. The van der Waals surface area contributed by atoms with Gasteiger partial charge >= 0.3 is 0 Å². The highest BCUT2D eigenvalue weighted by molar-refractivity contribution is 9.10. The summed E-state index contributed by atoms with van der Waals surface area (Å²) >= 11 is 3.48. The van der Waals surface area contributed by atoms with Crippen molar-refractivity contribution >= 4 is 27.5 Å². The standard InChI is InChI=1S/C21H26BrNO3/c1-14(2)11-12-25-20-10-5-16(13-19(20)22)21(24)23-17-6-8-18(9-7-17)26-15(3)4/h5-10,13-15H,11-12H2,1-4H3,(H,23,24). The molecule has 0 heterocycles. The predicted molar refractivity (Wildman–Crippen MR) is 109 cm³/mol. The Morgan fingerprint density at radius 1 is 1.08 bits per heavy atom. The average molecular weight is 420 g/mol. The highest BCUT2D eigenvalue weighted by atomic mass is 79.9. The number of amides is 1. The number of hydrogen-bond donors (Lipinski definition) is 1. The molecule has 140 valence electrons. The first-order chi connectivity index (χ1) is 12.3. The Bertz CT molecular complexity index is 727. The number of nitrogens with one attached hydrogen (secondary N) is 1. The largest absolute Gasteiger partial charge is 0.492 e. The van der Waals surface area contributed by atoms with Crippen LogP contribution < -0.4 is 14.8 Å². The molecule has 0 spiro atoms. The highest BCUT2D eigenvalue weighted by Crippen LogP contribution is 2.27. The quantitative estimate of drug-likeness (QED) is 0.577. The number of carbonyl (C=O) groups excluding carboxylic acids is 1. The van der Waals surface area contributed by atoms with E-state index in [1.807, 2.05) is 44.2 Å². The van der Waals surface area contributed by atoms with Gasteiger partial charge < -0.3 is 14.8 Å². The van der Waals surface area contributed by atoms with Gasteiger partial charge in [0.05, 0.1) is 17.2 Å². The van der Waals surface area contributed by atoms with Crippen LogP contribution in [0.15, 0.2) is 46.9 Å². The van der Waals surface area contributed by atoms with Crippen LogP contribution in [0.2, 0.25) is 0 Å². The molecule has 0 saturated heterocycles. The van der Waals surface area contributed by atoms with Gasteiger partial charge in [0.15, 0.2) is 0 Å². The van der Waals surface area contributed by atoms with E-state index in [0.29, 0.717) is 18.1 Å². The van der Waals surface area contributed by atoms with E-state index in [0.717, 1.165) is 28.1 Å². The van der Waals surface area contributed by atoms with Crippen LogP contribution in [0, 0.1) is 5.92 Å². The van der Waals surface area contributed by atoms with Crippen LogP contribution in [0.4, 0.5) is 5.69 Å². The SMILES string of the molecule is CC(C)CCOc1ccc(C(=O)Nc2ccc(OC(C)C)cc2)cc1Br. The molecule has 0 bridgehead atoms. The second-order valence-electron chi connectivity index (χ2n) is 6.82. The maximum atomic E-state index is 12.4. The van der Waals surface area contributed by atoms with E-state index in [9.17, 15) is 4.79 Å². The van der Waals surface area contributed by atoms with Gasteiger partial charge in [-0.1, -0.05) is 13.8 Å². The molecular formula is C21H26BrNO3. The number of benzene rings is 2. The van der Waals surface area contributed by atoms with Crippen molar-refractivity contribution in [3.05, 3.63) is 52.5 Å². The van der Waals surface area contributed by atoms with Crippen LogP contribution in [-0.4, -0.2) is 18.6 Å². The second-order valence-corrected chi connectivity index (χ2v) is 7.68. The van der Waals surface area contributed by atoms with Gasteiger partial charge in [0.2, 0.25) is 0 Å². The summed E-state index contributed by atoms with van der Waals surface area (Å²) in [6.45, 7) is 8.93. The van der Waals surface area contributed by atoms with Crippen molar-refractivity contribution in [2.45, 2.75) is 40.2 Å². The van der Waals surface area contributed by atoms with Gasteiger partial charge in [-0.3, -0.25) is 4.79 Å². The topological polar surface area (TPSA) is 47.6 Å². The summed E-state index contributed by atoms with van der Waals surface area (Å²) in [7, 11) is 0. The molecule has 0 fully saturated rings. The average Bonchev–Trinajstić information content (AvgIpc) is 2.57. The molecule has 1 N–H and O–H groups in total. The zero-order valence-corrected chi connectivity index (χ0v) is 17.3. The van der Waals surface area contributed by atoms with Gasteiger partial charge in [0, 0.05) is 11.3 Å². The first-order valence-corrected chi connectivity index (χ1v) is 9.65. The van der Waals surface area contributed by atoms with Gasteiger partial charge in [-0.05, 0) is 84.6 Å². The lowest BCUT2D eigenvalue weighted by Crippen LogP contribution is -2.12. The number of ether oxygens (including phenoxy) is 2. The van der Waals surface area contributed by atoms with E-state index in [-0.39, 0.29) is 12.0 Å². The van der Waals surface area contributed by atoms with E-state index >= 15 is 0 Å². The van der Waals surface area contributed by atoms with E-state index in [4.69, 9.17) is 9.47 Å². The third-order valence-corrected chi connectivity index (χ3v) is 4.25. The molecule has 0 atom stereocenters. The Labute approximate surface area is 164 Å². The Morgan fingerprint density at radius 3 is 2.35 bits per heavy atom. The Morgan fingerprint density at radius 2 is 1.77 bits per heavy atom. The van der Waals surface area contributed by atoms with E-state index in [1.54, 1.807) is 12.1 Å². The molecular weight excluding hydrogens is 394 g/mol. The summed E-state index contributed by atoms with van der Waals surface area (Å²) in [6, 6.07) is 12.7. The van der Waals surface area contributed by atoms with Crippen molar-refractivity contribution in [2.75, 3.05) is 11.9 Å². The van der Waals surface area contributed by atoms with Crippen molar-refractivity contribution in [3.8, 4) is 11.5 Å². The third kappa shape index (κ3) is 6.37. The minimum Gasteiger partial charge on any atom is -0.492 e. The fourth-order valence-electron chi connectivity index (χ4n) is 2.26. The smallest absolute Gasteiger partial charge is 0.255 e. The number of carbonyl (C=O) groups is 1. The normalized spacial score (nSPS) is 10.9. The number of rotatable bonds is 8. The monoisotopic (exact) mass is 419 g/mol. The molecule has 0 aliphatic heterocycles. The summed E-state index contributed by atoms with van der Waals surface area (Å²) < 4.78 is 12.1. The van der Waals surface area contributed by atoms with E-state index in [2.05, 4.69) is 35.1 Å². The minimum absolute atomic E-state index is 0.120. The molecule has 0 radical (unpaired) electrons. The summed E-state index contributed by atoms with van der Waals surface area (Å²) in [5.41, 5.74) is 1.29. The van der Waals surface area contributed by atoms with Gasteiger partial charge in [-0.15, -0.1) is 0 Å². The highest BCUT2D eigenvalue weighted by Gasteiger charge is 2.10.